The molecule has 0 spiro atoms. The summed E-state index contributed by atoms with van der Waals surface area (Å²) in [6, 6.07) is 33.2. The number of aldehydes is 3. The van der Waals surface area contributed by atoms with Gasteiger partial charge in [-0.15, -0.1) is 17.6 Å². The van der Waals surface area contributed by atoms with Gasteiger partial charge in [-0.1, -0.05) is 109 Å². The van der Waals surface area contributed by atoms with E-state index in [2.05, 4.69) is 0 Å². The molecule has 8 nitrogen and oxygen atoms in total. The van der Waals surface area contributed by atoms with Crippen molar-refractivity contribution in [3.8, 4) is 0 Å². The van der Waals surface area contributed by atoms with Crippen LogP contribution in [0.1, 0.15) is 59.2 Å². The van der Waals surface area contributed by atoms with Gasteiger partial charge in [0.2, 0.25) is 0 Å². The fourth-order valence-electron chi connectivity index (χ4n) is 7.18. The van der Waals surface area contributed by atoms with Gasteiger partial charge in [0.25, 0.3) is 0 Å². The molecule has 1 aromatic heterocycles. The Bertz CT molecular complexity index is 2910. The number of carbonyl (C=O) groups is 3. The maximum Gasteiger partial charge on any atom is 2.00 e. The molecule has 9 rings (SSSR count). The second-order valence-electron chi connectivity index (χ2n) is 13.3. The number of nitrogens with zero attached hydrogens (tertiary/aromatic N) is 4. The maximum absolute atomic E-state index is 11.6. The second kappa shape index (κ2) is 15.4. The van der Waals surface area contributed by atoms with Crippen LogP contribution in [0.5, 0.6) is 0 Å². The first kappa shape index (κ1) is 36.6. The Hall–Kier alpha value is -7.35. The quantitative estimate of drug-likeness (QED) is 0.154. The van der Waals surface area contributed by atoms with E-state index in [0.717, 1.165) is 69.3 Å². The fraction of sp³-hybridized carbons (Fsp3) is 0. The molecule has 0 saturated heterocycles. The molecule has 9 heteroatoms. The van der Waals surface area contributed by atoms with Gasteiger partial charge < -0.3 is 10.1 Å². The Morgan fingerprint density at radius 2 is 0.789 bits per heavy atom. The molecular weight excluding hydrogens is 755 g/mol. The van der Waals surface area contributed by atoms with E-state index < -0.39 is 0 Å². The molecule has 4 aliphatic rings. The van der Waals surface area contributed by atoms with Crippen molar-refractivity contribution in [2.75, 3.05) is 0 Å². The molecule has 0 saturated carbocycles. The van der Waals surface area contributed by atoms with Crippen molar-refractivity contribution in [3.63, 3.8) is 0 Å². The van der Waals surface area contributed by atoms with Crippen molar-refractivity contribution >= 4 is 64.5 Å². The Kier molecular flexibility index (Phi) is 9.91. The summed E-state index contributed by atoms with van der Waals surface area (Å²) in [6.45, 7) is 0. The van der Waals surface area contributed by atoms with Gasteiger partial charge in [0.1, 0.15) is 18.9 Å². The molecular formula is C48H28N4NiO4. The molecule has 0 fully saturated rings. The van der Waals surface area contributed by atoms with Crippen molar-refractivity contribution in [2.45, 2.75) is 0 Å². The van der Waals surface area contributed by atoms with Crippen LogP contribution in [0.4, 0.5) is 0 Å². The topological polar surface area (TPSA) is 125 Å². The Labute approximate surface area is 337 Å². The zero-order valence-electron chi connectivity index (χ0n) is 29.9. The number of rotatable bonds is 6. The SMILES string of the molecule is O=Cc1ccc(C2=C3C=CC(=N3)C(c3ccc(C=O)cc3)=C3C=CC(=N3)C(=c3ccc(=C[O-])cc3)c3ccc([n-]3)C(c3ccc(C=O)cc3)=C3C=CC2=N3)cc1.[Ni+2]. The summed E-state index contributed by atoms with van der Waals surface area (Å²) in [5.74, 6) is 0. The zero-order valence-corrected chi connectivity index (χ0v) is 30.9. The molecule has 0 unspecified atom stereocenters. The predicted octanol–water partition coefficient (Wildman–Crippen LogP) is 6.00. The van der Waals surface area contributed by atoms with Crippen LogP contribution < -0.4 is 20.5 Å². The number of aliphatic imine (C=N–C) groups is 3. The summed E-state index contributed by atoms with van der Waals surface area (Å²) >= 11 is 0. The van der Waals surface area contributed by atoms with E-state index in [1.807, 2.05) is 97.1 Å². The normalized spacial score (nSPS) is 15.4. The smallest absolute Gasteiger partial charge is 0.877 e. The average molecular weight is 783 g/mol. The van der Waals surface area contributed by atoms with Gasteiger partial charge in [0, 0.05) is 27.8 Å². The van der Waals surface area contributed by atoms with E-state index >= 15 is 0 Å². The number of allylic oxidation sites excluding steroid dienone is 8. The van der Waals surface area contributed by atoms with Gasteiger partial charge in [0.05, 0.1) is 34.2 Å². The molecule has 57 heavy (non-hydrogen) atoms. The van der Waals surface area contributed by atoms with Gasteiger partial charge >= 0.3 is 16.5 Å². The Morgan fingerprint density at radius 3 is 1.19 bits per heavy atom. The molecule has 5 heterocycles. The first-order chi connectivity index (χ1) is 27.5. The molecule has 0 aliphatic carbocycles. The van der Waals surface area contributed by atoms with Crippen LogP contribution in [0.25, 0.3) is 28.6 Å². The number of carbonyl (C=O) groups excluding carboxylic acids is 3. The van der Waals surface area contributed by atoms with Crippen LogP contribution in [-0.4, -0.2) is 36.0 Å². The molecule has 0 amide bonds. The van der Waals surface area contributed by atoms with E-state index in [9.17, 15) is 19.5 Å². The first-order valence-electron chi connectivity index (χ1n) is 17.8. The van der Waals surface area contributed by atoms with Crippen LogP contribution in [0.2, 0.25) is 0 Å². The first-order valence-corrected chi connectivity index (χ1v) is 17.8. The minimum atomic E-state index is 0. The van der Waals surface area contributed by atoms with E-state index in [1.54, 1.807) is 48.5 Å². The summed E-state index contributed by atoms with van der Waals surface area (Å²) in [5.41, 5.74) is 12.5. The van der Waals surface area contributed by atoms with Crippen molar-refractivity contribution < 1.29 is 36.0 Å². The van der Waals surface area contributed by atoms with E-state index in [1.165, 1.54) is 0 Å². The number of hydrogen-bond donors (Lipinski definition) is 0. The third kappa shape index (κ3) is 6.82. The summed E-state index contributed by atoms with van der Waals surface area (Å²) in [4.78, 5) is 55.7. The van der Waals surface area contributed by atoms with E-state index in [4.69, 9.17) is 20.0 Å². The molecule has 0 N–H and O–H groups in total. The molecule has 4 aliphatic heterocycles. The Morgan fingerprint density at radius 1 is 0.421 bits per heavy atom. The summed E-state index contributed by atoms with van der Waals surface area (Å²) < 4.78 is 0. The zero-order chi connectivity index (χ0) is 38.2. The summed E-state index contributed by atoms with van der Waals surface area (Å²) in [7, 11) is 0. The molecule has 0 atom stereocenters. The maximum atomic E-state index is 11.6. The van der Waals surface area contributed by atoms with Gasteiger partial charge in [-0.05, 0) is 74.7 Å². The van der Waals surface area contributed by atoms with Gasteiger partial charge in [-0.3, -0.25) is 14.4 Å². The average Bonchev–Trinajstić information content (AvgIpc) is 4.10. The van der Waals surface area contributed by atoms with Crippen molar-refractivity contribution in [2.24, 2.45) is 15.0 Å². The molecule has 274 valence electrons. The Balaban J connectivity index is 0.00000455. The van der Waals surface area contributed by atoms with Crippen LogP contribution >= 0.6 is 0 Å². The monoisotopic (exact) mass is 782 g/mol. The van der Waals surface area contributed by atoms with Crippen molar-refractivity contribution in [3.05, 3.63) is 218 Å². The van der Waals surface area contributed by atoms with Crippen LogP contribution in [0, 0.1) is 0 Å². The van der Waals surface area contributed by atoms with Crippen LogP contribution in [-0.2, 0) is 16.5 Å². The van der Waals surface area contributed by atoms with Crippen LogP contribution in [0.3, 0.4) is 0 Å². The number of fused-ring (bicyclic) bond motifs is 5. The number of benzene rings is 4. The summed E-state index contributed by atoms with van der Waals surface area (Å²) in [6.07, 6.45) is 15.0. The minimum Gasteiger partial charge on any atom is -0.877 e. The van der Waals surface area contributed by atoms with Crippen molar-refractivity contribution in [1.82, 2.24) is 4.98 Å². The predicted molar refractivity (Wildman–Crippen MR) is 218 cm³/mol. The van der Waals surface area contributed by atoms with Gasteiger partial charge in [-0.25, -0.2) is 15.0 Å². The standard InChI is InChI=1S/C48H30N4O4.Ni/c53-25-29-1-9-33(10-2-29)45-37-17-19-39(49-37)46(34-11-3-30(26-54)4-12-34)41-21-23-43(51-41)48(36-15-7-32(28-56)8-16-36)44-24-22-42(52-44)47(40-20-18-38(45)50-40)35-13-5-31(27-55)6-14-35;/h1-28H,(H2,49,50,51,52,53,54,55,56);/q;+2/p-2. The van der Waals surface area contributed by atoms with Gasteiger partial charge in [-0.2, -0.15) is 0 Å². The molecule has 0 radical (unpaired) electrons. The molecule has 8 bridgehead atoms. The number of hydrogen-bond acceptors (Lipinski definition) is 7. The second-order valence-corrected chi connectivity index (χ2v) is 13.3. The van der Waals surface area contributed by atoms with E-state index in [-0.39, 0.29) is 16.5 Å². The fourth-order valence-corrected chi connectivity index (χ4v) is 7.18. The van der Waals surface area contributed by atoms with Gasteiger partial charge in [0.15, 0.2) is 0 Å². The minimum absolute atomic E-state index is 0. The third-order valence-electron chi connectivity index (χ3n) is 9.95. The molecule has 4 aromatic carbocycles. The largest absolute Gasteiger partial charge is 2.00 e. The van der Waals surface area contributed by atoms with Crippen LogP contribution in [0.15, 0.2) is 178 Å². The number of aromatic nitrogens is 1. The third-order valence-corrected chi connectivity index (χ3v) is 9.95. The summed E-state index contributed by atoms with van der Waals surface area (Å²) in [5, 5.41) is 13.0. The molecule has 5 aromatic rings. The van der Waals surface area contributed by atoms with Crippen molar-refractivity contribution in [1.29, 1.82) is 0 Å². The van der Waals surface area contributed by atoms with E-state index in [0.29, 0.717) is 67.5 Å².